The van der Waals surface area contributed by atoms with Gasteiger partial charge in [0.05, 0.1) is 0 Å². The van der Waals surface area contributed by atoms with Crippen molar-refractivity contribution in [2.75, 3.05) is 26.2 Å². The molecule has 1 heterocycles. The summed E-state index contributed by atoms with van der Waals surface area (Å²) in [5.74, 6) is 0. The molecule has 2 N–H and O–H groups in total. The van der Waals surface area contributed by atoms with Crippen LogP contribution in [0.1, 0.15) is 37.7 Å². The highest BCUT2D eigenvalue weighted by Crippen LogP contribution is 2.18. The molecule has 7 heteroatoms. The smallest absolute Gasteiger partial charge is 0.282 e. The van der Waals surface area contributed by atoms with Crippen LogP contribution in [0.2, 0.25) is 0 Å². The molecule has 2 rings (SSSR count). The van der Waals surface area contributed by atoms with Gasteiger partial charge in [-0.15, -0.1) is 12.4 Å². The van der Waals surface area contributed by atoms with Gasteiger partial charge in [0.25, 0.3) is 10.2 Å². The zero-order chi connectivity index (χ0) is 15.8. The molecule has 1 aromatic carbocycles. The largest absolute Gasteiger partial charge is 0.330 e. The Balaban J connectivity index is 0.00000264. The first-order valence-corrected chi connectivity index (χ1v) is 9.53. The van der Waals surface area contributed by atoms with Crippen molar-refractivity contribution in [3.63, 3.8) is 0 Å². The lowest BCUT2D eigenvalue weighted by molar-refractivity contribution is 0.334. The molecule has 5 nitrogen and oxygen atoms in total. The van der Waals surface area contributed by atoms with Gasteiger partial charge in [0.1, 0.15) is 0 Å². The van der Waals surface area contributed by atoms with Gasteiger partial charge in [-0.3, -0.25) is 0 Å². The van der Waals surface area contributed by atoms with Crippen molar-refractivity contribution in [2.45, 2.75) is 38.6 Å². The lowest BCUT2D eigenvalue weighted by atomic mass is 10.2. The van der Waals surface area contributed by atoms with Gasteiger partial charge < -0.3 is 5.73 Å². The van der Waals surface area contributed by atoms with Crippen molar-refractivity contribution in [1.82, 2.24) is 8.61 Å². The third-order valence-electron chi connectivity index (χ3n) is 4.03. The number of nitrogens with two attached hydrogens (primary N) is 1. The summed E-state index contributed by atoms with van der Waals surface area (Å²) in [4.78, 5) is 0. The number of rotatable bonds is 7. The van der Waals surface area contributed by atoms with Gasteiger partial charge in [-0.25, -0.2) is 0 Å². The first-order chi connectivity index (χ1) is 10.6. The van der Waals surface area contributed by atoms with Crippen LogP contribution in [0.5, 0.6) is 0 Å². The maximum Gasteiger partial charge on any atom is 0.282 e. The molecule has 0 saturated carbocycles. The summed E-state index contributed by atoms with van der Waals surface area (Å²) in [6.45, 7) is 2.66. The fourth-order valence-electron chi connectivity index (χ4n) is 2.77. The number of halogens is 1. The van der Waals surface area contributed by atoms with Crippen LogP contribution in [0.4, 0.5) is 0 Å². The van der Waals surface area contributed by atoms with E-state index in [9.17, 15) is 8.42 Å². The number of benzene rings is 1. The molecular formula is C16H28ClN3O2S. The highest BCUT2D eigenvalue weighted by molar-refractivity contribution is 7.86. The second-order valence-electron chi connectivity index (χ2n) is 5.78. The monoisotopic (exact) mass is 361 g/mol. The van der Waals surface area contributed by atoms with Crippen molar-refractivity contribution >= 4 is 22.6 Å². The topological polar surface area (TPSA) is 66.6 Å². The molecule has 1 aliphatic rings. The van der Waals surface area contributed by atoms with E-state index in [0.29, 0.717) is 39.1 Å². The van der Waals surface area contributed by atoms with Crippen molar-refractivity contribution in [3.05, 3.63) is 35.9 Å². The summed E-state index contributed by atoms with van der Waals surface area (Å²) in [6, 6.07) is 9.75. The van der Waals surface area contributed by atoms with Crippen LogP contribution >= 0.6 is 12.4 Å². The molecule has 0 atom stereocenters. The van der Waals surface area contributed by atoms with Gasteiger partial charge in [-0.05, 0) is 31.4 Å². The Morgan fingerprint density at radius 1 is 1.04 bits per heavy atom. The third kappa shape index (κ3) is 6.04. The van der Waals surface area contributed by atoms with Gasteiger partial charge in [-0.2, -0.15) is 17.0 Å². The van der Waals surface area contributed by atoms with Crippen LogP contribution in [0, 0.1) is 0 Å². The highest BCUT2D eigenvalue weighted by Gasteiger charge is 2.29. The van der Waals surface area contributed by atoms with Crippen molar-refractivity contribution < 1.29 is 8.42 Å². The van der Waals surface area contributed by atoms with Crippen LogP contribution in [-0.2, 0) is 16.8 Å². The summed E-state index contributed by atoms with van der Waals surface area (Å²) in [5, 5.41) is 0. The van der Waals surface area contributed by atoms with E-state index in [1.54, 1.807) is 8.61 Å². The van der Waals surface area contributed by atoms with E-state index < -0.39 is 10.2 Å². The standard InChI is InChI=1S/C16H27N3O2S.ClH/c17-11-8-14-19(15-16-9-4-3-5-10-16)22(20,21)18-12-6-1-2-7-13-18;/h3-5,9-10H,1-2,6-8,11-15,17H2;1H. The zero-order valence-electron chi connectivity index (χ0n) is 13.6. The first kappa shape index (κ1) is 20.4. The summed E-state index contributed by atoms with van der Waals surface area (Å²) in [6.07, 6.45) is 4.82. The Bertz CT molecular complexity index is 532. The minimum absolute atomic E-state index is 0. The van der Waals surface area contributed by atoms with Crippen LogP contribution in [0.25, 0.3) is 0 Å². The molecule has 1 fully saturated rings. The van der Waals surface area contributed by atoms with Gasteiger partial charge in [0, 0.05) is 26.2 Å². The van der Waals surface area contributed by atoms with Crippen molar-refractivity contribution in [3.8, 4) is 0 Å². The lowest BCUT2D eigenvalue weighted by Gasteiger charge is -2.29. The van der Waals surface area contributed by atoms with Crippen molar-refractivity contribution in [1.29, 1.82) is 0 Å². The third-order valence-corrected chi connectivity index (χ3v) is 6.01. The number of hydrogen-bond donors (Lipinski definition) is 1. The van der Waals surface area contributed by atoms with E-state index in [-0.39, 0.29) is 12.4 Å². The maximum absolute atomic E-state index is 13.0. The average molecular weight is 362 g/mol. The van der Waals surface area contributed by atoms with E-state index in [2.05, 4.69) is 0 Å². The van der Waals surface area contributed by atoms with Crippen LogP contribution < -0.4 is 5.73 Å². The fourth-order valence-corrected chi connectivity index (χ4v) is 4.48. The fraction of sp³-hybridized carbons (Fsp3) is 0.625. The van der Waals surface area contributed by atoms with Gasteiger partial charge in [0.2, 0.25) is 0 Å². The quantitative estimate of drug-likeness (QED) is 0.810. The Labute approximate surface area is 146 Å². The predicted octanol–water partition coefficient (Wildman–Crippen LogP) is 2.38. The molecule has 0 aliphatic carbocycles. The molecule has 0 unspecified atom stereocenters. The average Bonchev–Trinajstić information content (AvgIpc) is 2.82. The van der Waals surface area contributed by atoms with E-state index in [0.717, 1.165) is 31.2 Å². The summed E-state index contributed by atoms with van der Waals surface area (Å²) in [7, 11) is -3.41. The molecule has 0 aromatic heterocycles. The Morgan fingerprint density at radius 3 is 2.22 bits per heavy atom. The SMILES string of the molecule is Cl.NCCCN(Cc1ccccc1)S(=O)(=O)N1CCCCCC1. The van der Waals surface area contributed by atoms with Crippen LogP contribution in [0.3, 0.4) is 0 Å². The predicted molar refractivity (Wildman–Crippen MR) is 96.7 cm³/mol. The van der Waals surface area contributed by atoms with Gasteiger partial charge >= 0.3 is 0 Å². The molecule has 1 saturated heterocycles. The van der Waals surface area contributed by atoms with E-state index in [1.165, 1.54) is 0 Å². The molecule has 1 aromatic rings. The zero-order valence-corrected chi connectivity index (χ0v) is 15.2. The second kappa shape index (κ2) is 10.3. The van der Waals surface area contributed by atoms with Gasteiger partial charge in [-0.1, -0.05) is 43.2 Å². The van der Waals surface area contributed by atoms with Crippen LogP contribution in [-0.4, -0.2) is 43.2 Å². The molecule has 132 valence electrons. The first-order valence-electron chi connectivity index (χ1n) is 8.14. The molecule has 1 aliphatic heterocycles. The normalized spacial score (nSPS) is 16.8. The van der Waals surface area contributed by atoms with E-state index in [1.807, 2.05) is 30.3 Å². The summed E-state index contributed by atoms with van der Waals surface area (Å²) >= 11 is 0. The van der Waals surface area contributed by atoms with Gasteiger partial charge in [0.15, 0.2) is 0 Å². The molecule has 23 heavy (non-hydrogen) atoms. The molecule has 0 spiro atoms. The Morgan fingerprint density at radius 2 is 1.65 bits per heavy atom. The summed E-state index contributed by atoms with van der Waals surface area (Å²) < 4.78 is 29.2. The minimum Gasteiger partial charge on any atom is -0.330 e. The number of nitrogens with zero attached hydrogens (tertiary/aromatic N) is 2. The number of hydrogen-bond acceptors (Lipinski definition) is 3. The van der Waals surface area contributed by atoms with E-state index in [4.69, 9.17) is 5.73 Å². The lowest BCUT2D eigenvalue weighted by Crippen LogP contribution is -2.44. The summed E-state index contributed by atoms with van der Waals surface area (Å²) in [5.41, 5.74) is 6.59. The highest BCUT2D eigenvalue weighted by atomic mass is 35.5. The maximum atomic E-state index is 13.0. The van der Waals surface area contributed by atoms with Crippen molar-refractivity contribution in [2.24, 2.45) is 5.73 Å². The molecule has 0 bridgehead atoms. The van der Waals surface area contributed by atoms with Crippen LogP contribution in [0.15, 0.2) is 30.3 Å². The Hall–Kier alpha value is -0.660. The molecular weight excluding hydrogens is 334 g/mol. The molecule has 0 amide bonds. The molecule has 0 radical (unpaired) electrons. The van der Waals surface area contributed by atoms with E-state index >= 15 is 0 Å². The second-order valence-corrected chi connectivity index (χ2v) is 7.71. The Kier molecular flexibility index (Phi) is 9.09. The minimum atomic E-state index is -3.41.